The maximum atomic E-state index is 12.5. The lowest BCUT2D eigenvalue weighted by Gasteiger charge is -2.12. The highest BCUT2D eigenvalue weighted by Crippen LogP contribution is 2.26. The summed E-state index contributed by atoms with van der Waals surface area (Å²) < 4.78 is 6.44. The molecule has 0 spiro atoms. The minimum absolute atomic E-state index is 0.293. The van der Waals surface area contributed by atoms with Crippen molar-refractivity contribution in [3.8, 4) is 11.5 Å². The van der Waals surface area contributed by atoms with E-state index in [-0.39, 0.29) is 11.3 Å². The average molecular weight is 324 g/mol. The SMILES string of the molecule is COc1cccc(NC(=O)c2c(O)c3ccccc3n(C)c2=O)c1. The molecule has 0 radical (unpaired) electrons. The van der Waals surface area contributed by atoms with Crippen molar-refractivity contribution in [3.63, 3.8) is 0 Å². The number of pyridine rings is 1. The van der Waals surface area contributed by atoms with Gasteiger partial charge in [-0.25, -0.2) is 0 Å². The number of benzene rings is 2. The Hall–Kier alpha value is -3.28. The van der Waals surface area contributed by atoms with Crippen LogP contribution in [0.15, 0.2) is 53.3 Å². The van der Waals surface area contributed by atoms with Gasteiger partial charge in [0.1, 0.15) is 17.1 Å². The van der Waals surface area contributed by atoms with Crippen molar-refractivity contribution < 1.29 is 14.6 Å². The zero-order valence-corrected chi connectivity index (χ0v) is 13.2. The number of aromatic nitrogens is 1. The van der Waals surface area contributed by atoms with Gasteiger partial charge in [-0.15, -0.1) is 0 Å². The van der Waals surface area contributed by atoms with Crippen molar-refractivity contribution in [3.05, 3.63) is 64.4 Å². The van der Waals surface area contributed by atoms with Crippen LogP contribution < -0.4 is 15.6 Å². The summed E-state index contributed by atoms with van der Waals surface area (Å²) in [6, 6.07) is 13.6. The smallest absolute Gasteiger partial charge is 0.267 e. The Morgan fingerprint density at radius 1 is 1.17 bits per heavy atom. The van der Waals surface area contributed by atoms with Gasteiger partial charge in [0, 0.05) is 24.2 Å². The van der Waals surface area contributed by atoms with Crippen LogP contribution in [0.1, 0.15) is 10.4 Å². The molecule has 0 unspecified atom stereocenters. The molecule has 24 heavy (non-hydrogen) atoms. The molecule has 0 saturated heterocycles. The molecule has 0 saturated carbocycles. The number of hydrogen-bond acceptors (Lipinski definition) is 4. The Balaban J connectivity index is 2.08. The first-order valence-electron chi connectivity index (χ1n) is 7.29. The van der Waals surface area contributed by atoms with Crippen LogP contribution in [0.3, 0.4) is 0 Å². The number of fused-ring (bicyclic) bond motifs is 1. The molecule has 6 heteroatoms. The van der Waals surface area contributed by atoms with Gasteiger partial charge < -0.3 is 19.7 Å². The van der Waals surface area contributed by atoms with Gasteiger partial charge in [0.15, 0.2) is 0 Å². The van der Waals surface area contributed by atoms with Crippen LogP contribution in [-0.2, 0) is 7.05 Å². The maximum Gasteiger partial charge on any atom is 0.267 e. The van der Waals surface area contributed by atoms with Crippen LogP contribution in [0.4, 0.5) is 5.69 Å². The summed E-state index contributed by atoms with van der Waals surface area (Å²) in [5.74, 6) is -0.426. The zero-order valence-electron chi connectivity index (χ0n) is 13.2. The topological polar surface area (TPSA) is 80.6 Å². The van der Waals surface area contributed by atoms with Gasteiger partial charge in [-0.3, -0.25) is 9.59 Å². The molecular weight excluding hydrogens is 308 g/mol. The Morgan fingerprint density at radius 3 is 2.67 bits per heavy atom. The minimum Gasteiger partial charge on any atom is -0.506 e. The number of nitrogens with one attached hydrogen (secondary N) is 1. The molecule has 3 aromatic rings. The quantitative estimate of drug-likeness (QED) is 0.776. The molecule has 1 amide bonds. The average Bonchev–Trinajstić information content (AvgIpc) is 2.60. The number of hydrogen-bond donors (Lipinski definition) is 2. The number of aryl methyl sites for hydroxylation is 1. The van der Waals surface area contributed by atoms with Gasteiger partial charge >= 0.3 is 0 Å². The fourth-order valence-corrected chi connectivity index (χ4v) is 2.58. The van der Waals surface area contributed by atoms with Crippen molar-refractivity contribution in [1.82, 2.24) is 4.57 Å². The Morgan fingerprint density at radius 2 is 1.92 bits per heavy atom. The Labute approximate surface area is 137 Å². The molecular formula is C18H16N2O4. The van der Waals surface area contributed by atoms with Crippen LogP contribution in [0.25, 0.3) is 10.9 Å². The van der Waals surface area contributed by atoms with E-state index in [9.17, 15) is 14.7 Å². The number of para-hydroxylation sites is 1. The summed E-state index contributed by atoms with van der Waals surface area (Å²) >= 11 is 0. The molecule has 3 rings (SSSR count). The number of ether oxygens (including phenoxy) is 1. The van der Waals surface area contributed by atoms with E-state index in [1.54, 1.807) is 55.6 Å². The number of carbonyl (C=O) groups excluding carboxylic acids is 1. The van der Waals surface area contributed by atoms with E-state index in [1.165, 1.54) is 11.7 Å². The summed E-state index contributed by atoms with van der Waals surface area (Å²) in [5, 5.41) is 13.5. The van der Waals surface area contributed by atoms with Crippen molar-refractivity contribution in [2.24, 2.45) is 7.05 Å². The van der Waals surface area contributed by atoms with Crippen LogP contribution in [-0.4, -0.2) is 22.7 Å². The van der Waals surface area contributed by atoms with Crippen LogP contribution in [0.2, 0.25) is 0 Å². The molecule has 1 heterocycles. The second-order valence-electron chi connectivity index (χ2n) is 5.29. The number of amides is 1. The van der Waals surface area contributed by atoms with Gasteiger partial charge in [-0.05, 0) is 24.3 Å². The third-order valence-electron chi connectivity index (χ3n) is 3.83. The molecule has 0 aliphatic rings. The molecule has 122 valence electrons. The molecule has 0 fully saturated rings. The van der Waals surface area contributed by atoms with Crippen molar-refractivity contribution in [1.29, 1.82) is 0 Å². The third kappa shape index (κ3) is 2.58. The summed E-state index contributed by atoms with van der Waals surface area (Å²) in [5.41, 5.74) is 0.164. The highest BCUT2D eigenvalue weighted by Gasteiger charge is 2.21. The van der Waals surface area contributed by atoms with Crippen LogP contribution in [0.5, 0.6) is 11.5 Å². The summed E-state index contributed by atoms with van der Waals surface area (Å²) in [7, 11) is 3.08. The van der Waals surface area contributed by atoms with E-state index >= 15 is 0 Å². The molecule has 2 N–H and O–H groups in total. The molecule has 2 aromatic carbocycles. The summed E-state index contributed by atoms with van der Waals surface area (Å²) in [6.07, 6.45) is 0. The predicted octanol–water partition coefficient (Wildman–Crippen LogP) is 2.50. The number of methoxy groups -OCH3 is 1. The second-order valence-corrected chi connectivity index (χ2v) is 5.29. The maximum absolute atomic E-state index is 12.5. The number of rotatable bonds is 3. The Kier molecular flexibility index (Phi) is 3.95. The van der Waals surface area contributed by atoms with Crippen LogP contribution in [0, 0.1) is 0 Å². The van der Waals surface area contributed by atoms with E-state index in [1.807, 2.05) is 0 Å². The van der Waals surface area contributed by atoms with Crippen molar-refractivity contribution in [2.45, 2.75) is 0 Å². The Bertz CT molecular complexity index is 992. The molecule has 0 bridgehead atoms. The van der Waals surface area contributed by atoms with Gasteiger partial charge in [0.25, 0.3) is 11.5 Å². The molecule has 0 atom stereocenters. The summed E-state index contributed by atoms with van der Waals surface area (Å²) in [4.78, 5) is 25.0. The van der Waals surface area contributed by atoms with Crippen molar-refractivity contribution >= 4 is 22.5 Å². The molecule has 0 aliphatic carbocycles. The normalized spacial score (nSPS) is 10.6. The lowest BCUT2D eigenvalue weighted by molar-refractivity contribution is 0.102. The number of nitrogens with zero attached hydrogens (tertiary/aromatic N) is 1. The first-order chi connectivity index (χ1) is 11.5. The fraction of sp³-hybridized carbons (Fsp3) is 0.111. The highest BCUT2D eigenvalue weighted by molar-refractivity contribution is 6.09. The first-order valence-corrected chi connectivity index (χ1v) is 7.29. The monoisotopic (exact) mass is 324 g/mol. The highest BCUT2D eigenvalue weighted by atomic mass is 16.5. The predicted molar refractivity (Wildman–Crippen MR) is 91.8 cm³/mol. The van der Waals surface area contributed by atoms with E-state index in [0.29, 0.717) is 22.3 Å². The largest absolute Gasteiger partial charge is 0.506 e. The molecule has 1 aromatic heterocycles. The number of carbonyl (C=O) groups is 1. The first kappa shape index (κ1) is 15.6. The summed E-state index contributed by atoms with van der Waals surface area (Å²) in [6.45, 7) is 0. The number of anilines is 1. The van der Waals surface area contributed by atoms with E-state index < -0.39 is 11.5 Å². The van der Waals surface area contributed by atoms with Gasteiger partial charge in [-0.2, -0.15) is 0 Å². The van der Waals surface area contributed by atoms with E-state index in [4.69, 9.17) is 4.74 Å². The van der Waals surface area contributed by atoms with Gasteiger partial charge in [0.05, 0.1) is 12.6 Å². The third-order valence-corrected chi connectivity index (χ3v) is 3.83. The molecule has 0 aliphatic heterocycles. The standard InChI is InChI=1S/C18H16N2O4/c1-20-14-9-4-3-8-13(14)16(21)15(18(20)23)17(22)19-11-6-5-7-12(10-11)24-2/h3-10,21H,1-2H3,(H,19,22). The van der Waals surface area contributed by atoms with E-state index in [0.717, 1.165) is 0 Å². The second kappa shape index (κ2) is 6.08. The van der Waals surface area contributed by atoms with Gasteiger partial charge in [0.2, 0.25) is 0 Å². The fourth-order valence-electron chi connectivity index (χ4n) is 2.58. The number of aromatic hydroxyl groups is 1. The van der Waals surface area contributed by atoms with Gasteiger partial charge in [-0.1, -0.05) is 18.2 Å². The zero-order chi connectivity index (χ0) is 17.3. The van der Waals surface area contributed by atoms with Crippen molar-refractivity contribution in [2.75, 3.05) is 12.4 Å². The minimum atomic E-state index is -0.674. The molecule has 6 nitrogen and oxygen atoms in total. The van der Waals surface area contributed by atoms with Crippen LogP contribution >= 0.6 is 0 Å². The lowest BCUT2D eigenvalue weighted by atomic mass is 10.1. The lowest BCUT2D eigenvalue weighted by Crippen LogP contribution is -2.28. The van der Waals surface area contributed by atoms with E-state index in [2.05, 4.69) is 5.32 Å².